The molecule has 2 N–H and O–H groups in total. The summed E-state index contributed by atoms with van der Waals surface area (Å²) in [6, 6.07) is 7.99. The molecule has 6 heteroatoms. The van der Waals surface area contributed by atoms with Crippen LogP contribution in [-0.4, -0.2) is 30.2 Å². The number of thiazole rings is 1. The lowest BCUT2D eigenvalue weighted by molar-refractivity contribution is -0.138. The summed E-state index contributed by atoms with van der Waals surface area (Å²) in [5.74, 6) is -1.23. The molecule has 1 unspecified atom stereocenters. The number of anilines is 3. The van der Waals surface area contributed by atoms with Gasteiger partial charge in [0.2, 0.25) is 0 Å². The van der Waals surface area contributed by atoms with Gasteiger partial charge < -0.3 is 15.3 Å². The smallest absolute Gasteiger partial charge is 0.312 e. The molecule has 0 bridgehead atoms. The van der Waals surface area contributed by atoms with Crippen LogP contribution in [0.4, 0.5) is 16.5 Å². The molecule has 1 atom stereocenters. The molecule has 0 fully saturated rings. The first kappa shape index (κ1) is 13.9. The van der Waals surface area contributed by atoms with E-state index >= 15 is 0 Å². The van der Waals surface area contributed by atoms with Gasteiger partial charge in [-0.15, -0.1) is 11.3 Å². The Morgan fingerprint density at radius 3 is 2.90 bits per heavy atom. The summed E-state index contributed by atoms with van der Waals surface area (Å²) in [6.07, 6.45) is 1.47. The van der Waals surface area contributed by atoms with Crippen molar-refractivity contribution in [2.45, 2.75) is 18.8 Å². The highest BCUT2D eigenvalue weighted by Gasteiger charge is 2.32. The van der Waals surface area contributed by atoms with Crippen molar-refractivity contribution in [2.24, 2.45) is 0 Å². The lowest BCUT2D eigenvalue weighted by atomic mass is 10.1. The van der Waals surface area contributed by atoms with E-state index in [0.29, 0.717) is 6.42 Å². The molecule has 0 spiro atoms. The van der Waals surface area contributed by atoms with E-state index < -0.39 is 11.9 Å². The van der Waals surface area contributed by atoms with E-state index in [1.54, 1.807) is 11.3 Å². The Balaban J connectivity index is 1.88. The number of aromatic nitrogens is 1. The van der Waals surface area contributed by atoms with Crippen LogP contribution in [0, 0.1) is 0 Å². The van der Waals surface area contributed by atoms with Crippen molar-refractivity contribution < 1.29 is 9.90 Å². The summed E-state index contributed by atoms with van der Waals surface area (Å²) in [7, 11) is 3.98. The number of carboxylic acids is 1. The molecule has 0 aliphatic heterocycles. The fourth-order valence-electron chi connectivity index (χ4n) is 2.61. The second kappa shape index (κ2) is 5.37. The molecule has 1 aliphatic carbocycles. The number of carbonyl (C=O) groups is 1. The van der Waals surface area contributed by atoms with Crippen molar-refractivity contribution in [1.82, 2.24) is 4.98 Å². The van der Waals surface area contributed by atoms with Gasteiger partial charge in [0.1, 0.15) is 5.92 Å². The van der Waals surface area contributed by atoms with Gasteiger partial charge >= 0.3 is 5.97 Å². The summed E-state index contributed by atoms with van der Waals surface area (Å²) >= 11 is 1.55. The highest BCUT2D eigenvalue weighted by molar-refractivity contribution is 7.15. The predicted molar refractivity (Wildman–Crippen MR) is 84.9 cm³/mol. The van der Waals surface area contributed by atoms with Gasteiger partial charge in [0.25, 0.3) is 0 Å². The van der Waals surface area contributed by atoms with E-state index in [-0.39, 0.29) is 0 Å². The van der Waals surface area contributed by atoms with Gasteiger partial charge in [-0.1, -0.05) is 12.1 Å². The van der Waals surface area contributed by atoms with Crippen LogP contribution in [0.25, 0.3) is 0 Å². The summed E-state index contributed by atoms with van der Waals surface area (Å²) in [6.45, 7) is 0. The standard InChI is InChI=1S/C15H17N3O2S/c1-18(2)11-6-4-3-5-10(11)16-15-17-13-9(14(19)20)7-8-12(13)21-15/h3-6,9H,7-8H2,1-2H3,(H,16,17)(H,19,20). The summed E-state index contributed by atoms with van der Waals surface area (Å²) < 4.78 is 0. The molecule has 0 saturated carbocycles. The molecule has 3 rings (SSSR count). The van der Waals surface area contributed by atoms with Gasteiger partial charge in [0.05, 0.1) is 17.1 Å². The first-order chi connectivity index (χ1) is 10.1. The van der Waals surface area contributed by atoms with Gasteiger partial charge in [-0.2, -0.15) is 0 Å². The van der Waals surface area contributed by atoms with Gasteiger partial charge in [0, 0.05) is 19.0 Å². The van der Waals surface area contributed by atoms with Crippen molar-refractivity contribution in [2.75, 3.05) is 24.3 Å². The fraction of sp³-hybridized carbons (Fsp3) is 0.333. The maximum absolute atomic E-state index is 11.2. The van der Waals surface area contributed by atoms with Crippen LogP contribution in [0.15, 0.2) is 24.3 Å². The van der Waals surface area contributed by atoms with Crippen LogP contribution in [-0.2, 0) is 11.2 Å². The number of aryl methyl sites for hydroxylation is 1. The lowest BCUT2D eigenvalue weighted by Gasteiger charge is -2.17. The zero-order chi connectivity index (χ0) is 15.0. The maximum atomic E-state index is 11.2. The van der Waals surface area contributed by atoms with Gasteiger partial charge in [-0.05, 0) is 25.0 Å². The van der Waals surface area contributed by atoms with Crippen LogP contribution in [0.5, 0.6) is 0 Å². The summed E-state index contributed by atoms with van der Waals surface area (Å²) in [4.78, 5) is 18.8. The fourth-order valence-corrected chi connectivity index (χ4v) is 3.66. The maximum Gasteiger partial charge on any atom is 0.312 e. The highest BCUT2D eigenvalue weighted by atomic mass is 32.1. The lowest BCUT2D eigenvalue weighted by Crippen LogP contribution is -2.11. The van der Waals surface area contributed by atoms with Crippen molar-refractivity contribution in [3.63, 3.8) is 0 Å². The average Bonchev–Trinajstić information content (AvgIpc) is 2.98. The molecule has 0 radical (unpaired) electrons. The van der Waals surface area contributed by atoms with Crippen LogP contribution in [0.1, 0.15) is 22.9 Å². The number of benzene rings is 1. The molecular weight excluding hydrogens is 286 g/mol. The quantitative estimate of drug-likeness (QED) is 0.908. The topological polar surface area (TPSA) is 65.5 Å². The van der Waals surface area contributed by atoms with Crippen molar-refractivity contribution >= 4 is 33.8 Å². The van der Waals surface area contributed by atoms with E-state index in [9.17, 15) is 9.90 Å². The highest BCUT2D eigenvalue weighted by Crippen LogP contribution is 2.39. The minimum Gasteiger partial charge on any atom is -0.481 e. The van der Waals surface area contributed by atoms with E-state index in [4.69, 9.17) is 0 Å². The first-order valence-electron chi connectivity index (χ1n) is 6.82. The molecule has 1 aromatic carbocycles. The van der Waals surface area contributed by atoms with Crippen molar-refractivity contribution in [3.8, 4) is 0 Å². The number of para-hydroxylation sites is 2. The Bertz CT molecular complexity index is 681. The van der Waals surface area contributed by atoms with Gasteiger partial charge in [-0.25, -0.2) is 4.98 Å². The predicted octanol–water partition coefficient (Wildman–Crippen LogP) is 3.07. The molecule has 110 valence electrons. The molecule has 21 heavy (non-hydrogen) atoms. The van der Waals surface area contributed by atoms with Crippen LogP contribution < -0.4 is 10.2 Å². The monoisotopic (exact) mass is 303 g/mol. The zero-order valence-corrected chi connectivity index (χ0v) is 12.8. The van der Waals surface area contributed by atoms with Gasteiger partial charge in [0.15, 0.2) is 5.13 Å². The number of rotatable bonds is 4. The van der Waals surface area contributed by atoms with E-state index in [1.165, 1.54) is 0 Å². The molecule has 2 aromatic rings. The number of aliphatic carboxylic acids is 1. The third-order valence-electron chi connectivity index (χ3n) is 3.64. The van der Waals surface area contributed by atoms with E-state index in [0.717, 1.165) is 33.5 Å². The van der Waals surface area contributed by atoms with E-state index in [1.807, 2.05) is 43.3 Å². The molecule has 0 amide bonds. The molecule has 1 aromatic heterocycles. The number of hydrogen-bond donors (Lipinski definition) is 2. The number of hydrogen-bond acceptors (Lipinski definition) is 5. The van der Waals surface area contributed by atoms with Gasteiger partial charge in [-0.3, -0.25) is 4.79 Å². The van der Waals surface area contributed by atoms with Crippen LogP contribution in [0.2, 0.25) is 0 Å². The molecule has 1 heterocycles. The number of fused-ring (bicyclic) bond motifs is 1. The molecule has 1 aliphatic rings. The number of nitrogens with one attached hydrogen (secondary N) is 1. The zero-order valence-electron chi connectivity index (χ0n) is 12.0. The van der Waals surface area contributed by atoms with Crippen molar-refractivity contribution in [3.05, 3.63) is 34.8 Å². The second-order valence-corrected chi connectivity index (χ2v) is 6.38. The Kier molecular flexibility index (Phi) is 3.55. The van der Waals surface area contributed by atoms with E-state index in [2.05, 4.69) is 10.3 Å². The summed E-state index contributed by atoms with van der Waals surface area (Å²) in [5.41, 5.74) is 2.78. The minimum absolute atomic E-state index is 0.448. The third-order valence-corrected chi connectivity index (χ3v) is 4.69. The average molecular weight is 303 g/mol. The Hall–Kier alpha value is -2.08. The Labute approximate surface area is 127 Å². The Morgan fingerprint density at radius 2 is 2.19 bits per heavy atom. The molecule has 0 saturated heterocycles. The number of nitrogens with zero attached hydrogens (tertiary/aromatic N) is 2. The first-order valence-corrected chi connectivity index (χ1v) is 7.63. The van der Waals surface area contributed by atoms with Crippen LogP contribution >= 0.6 is 11.3 Å². The molecular formula is C15H17N3O2S. The minimum atomic E-state index is -0.778. The van der Waals surface area contributed by atoms with Crippen molar-refractivity contribution in [1.29, 1.82) is 0 Å². The largest absolute Gasteiger partial charge is 0.481 e. The summed E-state index contributed by atoms with van der Waals surface area (Å²) in [5, 5.41) is 13.3. The second-order valence-electron chi connectivity index (χ2n) is 5.29. The normalized spacial score (nSPS) is 16.6. The Morgan fingerprint density at radius 1 is 1.43 bits per heavy atom. The third kappa shape index (κ3) is 2.58. The number of carboxylic acid groups (broad SMARTS) is 1. The van der Waals surface area contributed by atoms with Crippen LogP contribution in [0.3, 0.4) is 0 Å². The molecule has 5 nitrogen and oxygen atoms in total. The SMILES string of the molecule is CN(C)c1ccccc1Nc1nc2c(s1)CCC2C(=O)O.